The van der Waals surface area contributed by atoms with E-state index in [4.69, 9.17) is 4.74 Å². The van der Waals surface area contributed by atoms with Gasteiger partial charge in [-0.25, -0.2) is 16.8 Å². The van der Waals surface area contributed by atoms with Gasteiger partial charge in [-0.05, 0) is 18.6 Å². The third-order valence-corrected chi connectivity index (χ3v) is 8.03. The lowest BCUT2D eigenvalue weighted by Gasteiger charge is -2.27. The van der Waals surface area contributed by atoms with E-state index in [1.807, 2.05) is 0 Å². The molecule has 1 atom stereocenters. The fraction of sp³-hybridized carbons (Fsp3) is 0.533. The van der Waals surface area contributed by atoms with Crippen molar-refractivity contribution < 1.29 is 62.0 Å². The number of benzene rings is 1. The molecule has 2 rings (SSSR count). The number of nitro benzene ring substituents is 1. The minimum atomic E-state index is -7.03. The van der Waals surface area contributed by atoms with Crippen LogP contribution in [-0.4, -0.2) is 69.2 Å². The largest absolute Gasteiger partial charge is 0.477 e. The van der Waals surface area contributed by atoms with Crippen LogP contribution >= 0.6 is 0 Å². The molecule has 0 aromatic heterocycles. The van der Waals surface area contributed by atoms with Gasteiger partial charge in [-0.3, -0.25) is 14.9 Å². The maximum atomic E-state index is 13.7. The Kier molecular flexibility index (Phi) is 7.15. The Balaban J connectivity index is 2.28. The fourth-order valence-electron chi connectivity index (χ4n) is 2.73. The van der Waals surface area contributed by atoms with Crippen LogP contribution in [0.15, 0.2) is 23.1 Å². The van der Waals surface area contributed by atoms with Gasteiger partial charge in [0.15, 0.2) is 22.2 Å². The first kappa shape index (κ1) is 27.5. The number of carbonyl (C=O) groups excluding carboxylic acids is 1. The highest BCUT2D eigenvalue weighted by atomic mass is 32.2. The van der Waals surface area contributed by atoms with Gasteiger partial charge in [-0.1, -0.05) is 0 Å². The second-order valence-corrected chi connectivity index (χ2v) is 11.2. The molecule has 1 aromatic carbocycles. The Hall–Kier alpha value is -2.70. The molecule has 0 bridgehead atoms. The number of hydrogen-bond donors (Lipinski definition) is 1. The molecule has 1 aliphatic heterocycles. The molecule has 0 spiro atoms. The highest BCUT2D eigenvalue weighted by Crippen LogP contribution is 2.51. The maximum Gasteiger partial charge on any atom is 0.461 e. The fourth-order valence-corrected chi connectivity index (χ4v) is 5.67. The van der Waals surface area contributed by atoms with Crippen molar-refractivity contribution in [2.24, 2.45) is 0 Å². The van der Waals surface area contributed by atoms with Crippen LogP contribution in [0.25, 0.3) is 0 Å². The molecule has 0 unspecified atom stereocenters. The Morgan fingerprint density at radius 3 is 2.24 bits per heavy atom. The van der Waals surface area contributed by atoms with Gasteiger partial charge in [0, 0.05) is 12.1 Å². The summed E-state index contributed by atoms with van der Waals surface area (Å²) in [5, 5.41) is 6.67. The van der Waals surface area contributed by atoms with Crippen molar-refractivity contribution in [1.82, 2.24) is 5.32 Å². The quantitative estimate of drug-likeness (QED) is 0.295. The third-order valence-electron chi connectivity index (χ3n) is 4.45. The standard InChI is InChI=1S/C15H13F7N2O8S2/c16-13(17,14(18,19)20)15(21,22)34(30,31)9-1-2-11(10(5-9)24(26)27)32-6-12(25)23-8-3-4-33(28,29)7-8/h1-2,5,8H,3-4,6-7H2,(H,23,25)/t8-/m1/s1. The molecule has 1 saturated heterocycles. The lowest BCUT2D eigenvalue weighted by atomic mass is 10.2. The Bertz CT molecular complexity index is 1200. The minimum absolute atomic E-state index is 0.0550. The zero-order valence-electron chi connectivity index (χ0n) is 16.3. The van der Waals surface area contributed by atoms with E-state index in [1.165, 1.54) is 0 Å². The molecule has 0 saturated carbocycles. The predicted molar refractivity (Wildman–Crippen MR) is 96.9 cm³/mol. The van der Waals surface area contributed by atoms with Crippen LogP contribution in [-0.2, 0) is 24.5 Å². The molecule has 1 aliphatic rings. The Morgan fingerprint density at radius 1 is 1.18 bits per heavy atom. The molecule has 0 aliphatic carbocycles. The van der Waals surface area contributed by atoms with Gasteiger partial charge in [0.2, 0.25) is 0 Å². The number of ether oxygens (including phenoxy) is 1. The first-order valence-electron chi connectivity index (χ1n) is 8.71. The zero-order chi connectivity index (χ0) is 26.3. The van der Waals surface area contributed by atoms with Crippen LogP contribution in [0.2, 0.25) is 0 Å². The molecule has 10 nitrogen and oxygen atoms in total. The first-order chi connectivity index (χ1) is 15.2. The van der Waals surface area contributed by atoms with Crippen molar-refractivity contribution >= 4 is 31.3 Å². The topological polar surface area (TPSA) is 150 Å². The molecule has 1 aromatic rings. The molecule has 34 heavy (non-hydrogen) atoms. The highest BCUT2D eigenvalue weighted by molar-refractivity contribution is 7.92. The second kappa shape index (κ2) is 8.82. The van der Waals surface area contributed by atoms with Gasteiger partial charge in [0.1, 0.15) is 0 Å². The number of nitro groups is 1. The van der Waals surface area contributed by atoms with Crippen molar-refractivity contribution in [3.05, 3.63) is 28.3 Å². The number of nitrogens with one attached hydrogen (secondary N) is 1. The minimum Gasteiger partial charge on any atom is -0.477 e. The lowest BCUT2D eigenvalue weighted by molar-refractivity contribution is -0.386. The maximum absolute atomic E-state index is 13.7. The molecule has 192 valence electrons. The van der Waals surface area contributed by atoms with Gasteiger partial charge in [-0.2, -0.15) is 30.7 Å². The van der Waals surface area contributed by atoms with Gasteiger partial charge < -0.3 is 10.1 Å². The van der Waals surface area contributed by atoms with E-state index >= 15 is 0 Å². The molecule has 1 heterocycles. The SMILES string of the molecule is O=C(COc1ccc(S(=O)(=O)C(F)(F)C(F)(F)C(F)(F)F)cc1[N+](=O)[O-])N[C@@H]1CCS(=O)(=O)C1. The van der Waals surface area contributed by atoms with E-state index in [-0.39, 0.29) is 30.1 Å². The first-order valence-corrected chi connectivity index (χ1v) is 12.0. The van der Waals surface area contributed by atoms with Crippen LogP contribution in [0.4, 0.5) is 36.4 Å². The van der Waals surface area contributed by atoms with Gasteiger partial charge >= 0.3 is 23.0 Å². The number of nitrogens with zero attached hydrogens (tertiary/aromatic N) is 1. The van der Waals surface area contributed by atoms with Crippen molar-refractivity contribution in [3.8, 4) is 5.75 Å². The summed E-state index contributed by atoms with van der Waals surface area (Å²) < 4.78 is 142. The summed E-state index contributed by atoms with van der Waals surface area (Å²) in [5.41, 5.74) is -1.44. The van der Waals surface area contributed by atoms with E-state index in [0.29, 0.717) is 6.07 Å². The number of rotatable bonds is 8. The smallest absolute Gasteiger partial charge is 0.461 e. The monoisotopic (exact) mass is 546 g/mol. The summed E-state index contributed by atoms with van der Waals surface area (Å²) in [6, 6.07) is -0.646. The molecular weight excluding hydrogens is 533 g/mol. The number of sulfone groups is 2. The van der Waals surface area contributed by atoms with Crippen LogP contribution in [0.5, 0.6) is 5.75 Å². The van der Waals surface area contributed by atoms with E-state index < -0.39 is 76.8 Å². The molecule has 19 heteroatoms. The normalized spacial score (nSPS) is 19.0. The number of hydrogen-bond acceptors (Lipinski definition) is 8. The van der Waals surface area contributed by atoms with Crippen LogP contribution in [0, 0.1) is 10.1 Å². The van der Waals surface area contributed by atoms with Crippen LogP contribution < -0.4 is 10.1 Å². The highest BCUT2D eigenvalue weighted by Gasteiger charge is 2.78. The second-order valence-electron chi connectivity index (χ2n) is 6.94. The summed E-state index contributed by atoms with van der Waals surface area (Å²) in [7, 11) is -10.2. The average Bonchev–Trinajstić information content (AvgIpc) is 3.02. The molecule has 1 amide bonds. The summed E-state index contributed by atoms with van der Waals surface area (Å²) in [4.78, 5) is 19.6. The summed E-state index contributed by atoms with van der Waals surface area (Å²) in [5.74, 6) is -9.48. The van der Waals surface area contributed by atoms with Gasteiger partial charge in [-0.15, -0.1) is 0 Å². The summed E-state index contributed by atoms with van der Waals surface area (Å²) >= 11 is 0. The van der Waals surface area contributed by atoms with E-state index in [0.717, 1.165) is 0 Å². The van der Waals surface area contributed by atoms with Crippen molar-refractivity contribution in [3.63, 3.8) is 0 Å². The predicted octanol–water partition coefficient (Wildman–Crippen LogP) is 1.84. The Morgan fingerprint density at radius 2 is 1.76 bits per heavy atom. The average molecular weight is 546 g/mol. The Labute approximate surface area is 186 Å². The van der Waals surface area contributed by atoms with E-state index in [9.17, 15) is 62.5 Å². The van der Waals surface area contributed by atoms with Crippen molar-refractivity contribution in [2.75, 3.05) is 18.1 Å². The number of carbonyl (C=O) groups is 1. The van der Waals surface area contributed by atoms with E-state index in [1.54, 1.807) is 0 Å². The van der Waals surface area contributed by atoms with Gasteiger partial charge in [0.25, 0.3) is 15.7 Å². The van der Waals surface area contributed by atoms with Crippen molar-refractivity contribution in [2.45, 2.75) is 34.7 Å². The van der Waals surface area contributed by atoms with Crippen LogP contribution in [0.1, 0.15) is 6.42 Å². The summed E-state index contributed by atoms with van der Waals surface area (Å²) in [6.45, 7) is -0.994. The van der Waals surface area contributed by atoms with Gasteiger partial charge in [0.05, 0.1) is 21.3 Å². The molecular formula is C15H13F7N2O8S2. The number of amides is 1. The van der Waals surface area contributed by atoms with Crippen molar-refractivity contribution in [1.29, 1.82) is 0 Å². The number of halogens is 7. The summed E-state index contributed by atoms with van der Waals surface area (Å²) in [6.07, 6.45) is -6.89. The zero-order valence-corrected chi connectivity index (χ0v) is 17.9. The molecule has 0 radical (unpaired) electrons. The number of alkyl halides is 7. The van der Waals surface area contributed by atoms with E-state index in [2.05, 4.69) is 5.32 Å². The lowest BCUT2D eigenvalue weighted by Crippen LogP contribution is -2.55. The van der Waals surface area contributed by atoms with Crippen LogP contribution in [0.3, 0.4) is 0 Å². The molecule has 1 fully saturated rings. The third kappa shape index (κ3) is 5.18. The molecule has 1 N–H and O–H groups in total.